The Bertz CT molecular complexity index is 508. The quantitative estimate of drug-likeness (QED) is 0.590. The molecule has 1 rings (SSSR count). The van der Waals surface area contributed by atoms with Crippen molar-refractivity contribution < 1.29 is 17.9 Å². The number of hydrazine groups is 1. The number of rotatable bonds is 6. The van der Waals surface area contributed by atoms with Gasteiger partial charge < -0.3 is 9.47 Å². The van der Waals surface area contributed by atoms with Gasteiger partial charge in [0.25, 0.3) is 0 Å². The molecule has 0 amide bonds. The van der Waals surface area contributed by atoms with Crippen molar-refractivity contribution in [3.63, 3.8) is 0 Å². The molecule has 0 fully saturated rings. The minimum atomic E-state index is -3.23. The molecule has 0 radical (unpaired) electrons. The number of hydrogen-bond donors (Lipinski definition) is 2. The maximum atomic E-state index is 11.7. The molecule has 2 unspecified atom stereocenters. The molecule has 1 aromatic rings. The van der Waals surface area contributed by atoms with Crippen molar-refractivity contribution in [1.82, 2.24) is 5.43 Å². The summed E-state index contributed by atoms with van der Waals surface area (Å²) in [5.41, 5.74) is 3.23. The molecule has 0 aliphatic rings. The van der Waals surface area contributed by atoms with Crippen LogP contribution < -0.4 is 20.7 Å². The van der Waals surface area contributed by atoms with E-state index in [4.69, 9.17) is 15.3 Å². The molecule has 3 N–H and O–H groups in total. The number of nitrogens with two attached hydrogens (primary N) is 1. The zero-order chi connectivity index (χ0) is 14.6. The maximum Gasteiger partial charge on any atom is 0.151 e. The second kappa shape index (κ2) is 6.23. The molecule has 1 aromatic carbocycles. The van der Waals surface area contributed by atoms with Crippen LogP contribution in [0.15, 0.2) is 18.2 Å². The van der Waals surface area contributed by atoms with Crippen LogP contribution in [0.2, 0.25) is 0 Å². The van der Waals surface area contributed by atoms with E-state index in [9.17, 15) is 8.42 Å². The van der Waals surface area contributed by atoms with Gasteiger partial charge in [-0.2, -0.15) is 0 Å². The molecule has 0 saturated heterocycles. The minimum Gasteiger partial charge on any atom is -0.497 e. The molecule has 0 heterocycles. The van der Waals surface area contributed by atoms with Gasteiger partial charge in [0.05, 0.1) is 25.5 Å². The lowest BCUT2D eigenvalue weighted by molar-refractivity contribution is 0.391. The second-order valence-electron chi connectivity index (χ2n) is 4.32. The van der Waals surface area contributed by atoms with Crippen molar-refractivity contribution in [2.75, 3.05) is 20.5 Å². The SMILES string of the molecule is COc1cc(OC)cc(C(NN)C(C)S(C)(=O)=O)c1. The van der Waals surface area contributed by atoms with Gasteiger partial charge in [0.15, 0.2) is 9.84 Å². The molecule has 0 spiro atoms. The van der Waals surface area contributed by atoms with E-state index in [2.05, 4.69) is 5.43 Å². The van der Waals surface area contributed by atoms with Gasteiger partial charge in [-0.3, -0.25) is 11.3 Å². The molecule has 0 bridgehead atoms. The van der Waals surface area contributed by atoms with Crippen molar-refractivity contribution in [2.45, 2.75) is 18.2 Å². The first-order chi connectivity index (χ1) is 8.83. The van der Waals surface area contributed by atoms with Crippen LogP contribution in [-0.4, -0.2) is 34.1 Å². The van der Waals surface area contributed by atoms with Crippen LogP contribution in [0.25, 0.3) is 0 Å². The highest BCUT2D eigenvalue weighted by Crippen LogP contribution is 2.29. The van der Waals surface area contributed by atoms with Crippen LogP contribution in [0.1, 0.15) is 18.5 Å². The third-order valence-corrected chi connectivity index (χ3v) is 4.68. The smallest absolute Gasteiger partial charge is 0.151 e. The number of benzene rings is 1. The monoisotopic (exact) mass is 288 g/mol. The van der Waals surface area contributed by atoms with E-state index in [1.54, 1.807) is 25.1 Å². The van der Waals surface area contributed by atoms with Gasteiger partial charge in [0.2, 0.25) is 0 Å². The Labute approximate surface area is 113 Å². The average molecular weight is 288 g/mol. The van der Waals surface area contributed by atoms with E-state index in [-0.39, 0.29) is 0 Å². The van der Waals surface area contributed by atoms with Gasteiger partial charge >= 0.3 is 0 Å². The molecule has 0 aromatic heterocycles. The number of ether oxygens (including phenoxy) is 2. The lowest BCUT2D eigenvalue weighted by Crippen LogP contribution is -2.38. The first kappa shape index (κ1) is 15.7. The fraction of sp³-hybridized carbons (Fsp3) is 0.500. The summed E-state index contributed by atoms with van der Waals surface area (Å²) in [6, 6.07) is 4.63. The second-order valence-corrected chi connectivity index (χ2v) is 6.73. The van der Waals surface area contributed by atoms with Gasteiger partial charge in [-0.1, -0.05) is 0 Å². The molecular weight excluding hydrogens is 268 g/mol. The standard InChI is InChI=1S/C12H20N2O4S/c1-8(19(4,15)16)12(14-13)9-5-10(17-2)7-11(6-9)18-3/h5-8,12,14H,13H2,1-4H3. The molecule has 6 nitrogen and oxygen atoms in total. The molecule has 2 atom stereocenters. The van der Waals surface area contributed by atoms with E-state index >= 15 is 0 Å². The molecular formula is C12H20N2O4S. The van der Waals surface area contributed by atoms with E-state index in [0.29, 0.717) is 17.1 Å². The molecule has 0 aliphatic carbocycles. The van der Waals surface area contributed by atoms with Crippen LogP contribution in [0.5, 0.6) is 11.5 Å². The maximum absolute atomic E-state index is 11.7. The van der Waals surface area contributed by atoms with Crippen LogP contribution in [0.4, 0.5) is 0 Å². The third kappa shape index (κ3) is 3.82. The number of sulfone groups is 1. The van der Waals surface area contributed by atoms with Crippen molar-refractivity contribution in [3.05, 3.63) is 23.8 Å². The summed E-state index contributed by atoms with van der Waals surface area (Å²) >= 11 is 0. The van der Waals surface area contributed by atoms with Crippen molar-refractivity contribution in [2.24, 2.45) is 5.84 Å². The largest absolute Gasteiger partial charge is 0.497 e. The molecule has 0 saturated carbocycles. The zero-order valence-electron chi connectivity index (χ0n) is 11.5. The van der Waals surface area contributed by atoms with E-state index < -0.39 is 21.1 Å². The average Bonchev–Trinajstić information content (AvgIpc) is 2.37. The lowest BCUT2D eigenvalue weighted by Gasteiger charge is -2.23. The van der Waals surface area contributed by atoms with E-state index in [1.165, 1.54) is 20.5 Å². The Balaban J connectivity index is 3.25. The Hall–Kier alpha value is -1.31. The van der Waals surface area contributed by atoms with Crippen molar-refractivity contribution in [1.29, 1.82) is 0 Å². The fourth-order valence-corrected chi connectivity index (χ4v) is 2.49. The number of nitrogens with one attached hydrogen (secondary N) is 1. The Morgan fingerprint density at radius 2 is 1.63 bits per heavy atom. The highest BCUT2D eigenvalue weighted by Gasteiger charge is 2.27. The lowest BCUT2D eigenvalue weighted by atomic mass is 10.0. The summed E-state index contributed by atoms with van der Waals surface area (Å²) in [6.45, 7) is 1.60. The predicted molar refractivity (Wildman–Crippen MR) is 73.9 cm³/mol. The van der Waals surface area contributed by atoms with Gasteiger partial charge in [0, 0.05) is 12.3 Å². The molecule has 108 valence electrons. The van der Waals surface area contributed by atoms with Crippen LogP contribution in [0.3, 0.4) is 0 Å². The van der Waals surface area contributed by atoms with Gasteiger partial charge in [-0.15, -0.1) is 0 Å². The topological polar surface area (TPSA) is 90.7 Å². The Morgan fingerprint density at radius 1 is 1.16 bits per heavy atom. The molecule has 0 aliphatic heterocycles. The number of hydrogen-bond acceptors (Lipinski definition) is 6. The highest BCUT2D eigenvalue weighted by molar-refractivity contribution is 7.91. The van der Waals surface area contributed by atoms with Gasteiger partial charge in [0.1, 0.15) is 11.5 Å². The Kier molecular flexibility index (Phi) is 5.16. The molecule has 7 heteroatoms. The predicted octanol–water partition coefficient (Wildman–Crippen LogP) is 0.641. The number of methoxy groups -OCH3 is 2. The summed E-state index contributed by atoms with van der Waals surface area (Å²) in [6.07, 6.45) is 1.18. The fourth-order valence-electron chi connectivity index (χ4n) is 1.76. The Morgan fingerprint density at radius 3 is 1.95 bits per heavy atom. The van der Waals surface area contributed by atoms with Crippen LogP contribution >= 0.6 is 0 Å². The van der Waals surface area contributed by atoms with Crippen molar-refractivity contribution in [3.8, 4) is 11.5 Å². The van der Waals surface area contributed by atoms with E-state index in [1.807, 2.05) is 0 Å². The van der Waals surface area contributed by atoms with Gasteiger partial charge in [-0.25, -0.2) is 8.42 Å². The van der Waals surface area contributed by atoms with Crippen molar-refractivity contribution >= 4 is 9.84 Å². The third-order valence-electron chi connectivity index (χ3n) is 3.06. The summed E-state index contributed by atoms with van der Waals surface area (Å²) in [7, 11) is -0.163. The van der Waals surface area contributed by atoms with Crippen LogP contribution in [-0.2, 0) is 9.84 Å². The first-order valence-corrected chi connectivity index (χ1v) is 7.67. The summed E-state index contributed by atoms with van der Waals surface area (Å²) in [4.78, 5) is 0. The summed E-state index contributed by atoms with van der Waals surface area (Å²) < 4.78 is 33.6. The van der Waals surface area contributed by atoms with Crippen LogP contribution in [0, 0.1) is 0 Å². The zero-order valence-corrected chi connectivity index (χ0v) is 12.3. The minimum absolute atomic E-state index is 0.543. The van der Waals surface area contributed by atoms with Gasteiger partial charge in [-0.05, 0) is 24.6 Å². The summed E-state index contributed by atoms with van der Waals surface area (Å²) in [5.74, 6) is 6.65. The first-order valence-electron chi connectivity index (χ1n) is 5.71. The summed E-state index contributed by atoms with van der Waals surface area (Å²) in [5, 5.41) is -0.672. The normalized spacial score (nSPS) is 14.8. The molecule has 19 heavy (non-hydrogen) atoms. The highest BCUT2D eigenvalue weighted by atomic mass is 32.2. The van der Waals surface area contributed by atoms with E-state index in [0.717, 1.165) is 0 Å².